The van der Waals surface area contributed by atoms with Crippen LogP contribution in [-0.2, 0) is 22.4 Å². The molecule has 0 unspecified atom stereocenters. The normalized spacial score (nSPS) is 18.0. The molecule has 1 heterocycles. The summed E-state index contributed by atoms with van der Waals surface area (Å²) in [6, 6.07) is 3.58. The molecule has 1 aliphatic rings. The number of nitrogens with zero attached hydrogens (tertiary/aromatic N) is 1. The summed E-state index contributed by atoms with van der Waals surface area (Å²) >= 11 is 1.43. The van der Waals surface area contributed by atoms with Crippen LogP contribution in [0.1, 0.15) is 40.4 Å². The van der Waals surface area contributed by atoms with E-state index in [1.165, 1.54) is 28.7 Å². The molecule has 0 radical (unpaired) electrons. The fraction of sp³-hybridized carbons (Fsp3) is 0.438. The second-order valence-electron chi connectivity index (χ2n) is 5.58. The van der Waals surface area contributed by atoms with Crippen LogP contribution in [0, 0.1) is 17.2 Å². The molecule has 0 aromatic carbocycles. The van der Waals surface area contributed by atoms with E-state index in [-0.39, 0.29) is 11.3 Å². The largest absolute Gasteiger partial charge is 0.453 e. The summed E-state index contributed by atoms with van der Waals surface area (Å²) in [7, 11) is 0. The van der Waals surface area contributed by atoms with Crippen LogP contribution in [0.15, 0.2) is 17.3 Å². The predicted molar refractivity (Wildman–Crippen MR) is 83.3 cm³/mol. The Hall–Kier alpha value is -2.13. The lowest BCUT2D eigenvalue weighted by atomic mass is 9.90. The van der Waals surface area contributed by atoms with Gasteiger partial charge < -0.3 is 10.5 Å². The summed E-state index contributed by atoms with van der Waals surface area (Å²) in [5.74, 6) is -0.471. The van der Waals surface area contributed by atoms with Crippen LogP contribution < -0.4 is 5.73 Å². The van der Waals surface area contributed by atoms with E-state index in [9.17, 15) is 9.59 Å². The lowest BCUT2D eigenvalue weighted by Crippen LogP contribution is -2.17. The van der Waals surface area contributed by atoms with E-state index in [2.05, 4.69) is 6.92 Å². The Morgan fingerprint density at radius 1 is 1.55 bits per heavy atom. The van der Waals surface area contributed by atoms with Gasteiger partial charge in [-0.05, 0) is 43.7 Å². The molecule has 116 valence electrons. The van der Waals surface area contributed by atoms with Gasteiger partial charge in [0.1, 0.15) is 16.5 Å². The number of esters is 1. The minimum atomic E-state index is -0.578. The standard InChI is InChI=1S/C16H18N2O3S/c1-9-3-4-14-11(5-9)6-15(22-14)16(20)21-8-13(19)12(7-17)10(2)18/h6,9H,3-5,8,18H2,1-2H3/b12-10-/t9-/m1/s1. The van der Waals surface area contributed by atoms with Gasteiger partial charge in [-0.1, -0.05) is 6.92 Å². The molecule has 6 heteroatoms. The fourth-order valence-corrected chi connectivity index (χ4v) is 3.55. The van der Waals surface area contributed by atoms with E-state index in [1.807, 2.05) is 6.07 Å². The molecule has 0 bridgehead atoms. The number of fused-ring (bicyclic) bond motifs is 1. The molecule has 2 rings (SSSR count). The van der Waals surface area contributed by atoms with Crippen molar-refractivity contribution in [3.8, 4) is 6.07 Å². The average Bonchev–Trinajstić information content (AvgIpc) is 2.88. The molecule has 22 heavy (non-hydrogen) atoms. The van der Waals surface area contributed by atoms with E-state index in [0.29, 0.717) is 10.8 Å². The number of Topliss-reactive ketones (excluding diaryl/α,β-unsaturated/α-hetero) is 1. The van der Waals surface area contributed by atoms with Crippen LogP contribution in [0.25, 0.3) is 0 Å². The van der Waals surface area contributed by atoms with Crippen molar-refractivity contribution < 1.29 is 14.3 Å². The monoisotopic (exact) mass is 318 g/mol. The molecule has 1 aromatic heterocycles. The quantitative estimate of drug-likeness (QED) is 0.522. The van der Waals surface area contributed by atoms with Crippen molar-refractivity contribution in [2.24, 2.45) is 11.7 Å². The van der Waals surface area contributed by atoms with Crippen LogP contribution in [0.5, 0.6) is 0 Å². The summed E-state index contributed by atoms with van der Waals surface area (Å²) in [6.07, 6.45) is 3.10. The zero-order valence-corrected chi connectivity index (χ0v) is 13.5. The molecule has 5 nitrogen and oxygen atoms in total. The van der Waals surface area contributed by atoms with Crippen LogP contribution in [0.3, 0.4) is 0 Å². The highest BCUT2D eigenvalue weighted by Crippen LogP contribution is 2.32. The third kappa shape index (κ3) is 3.55. The fourth-order valence-electron chi connectivity index (χ4n) is 2.45. The van der Waals surface area contributed by atoms with Gasteiger partial charge in [0.15, 0.2) is 6.61 Å². The van der Waals surface area contributed by atoms with Gasteiger partial charge in [0, 0.05) is 10.6 Å². The second kappa shape index (κ2) is 6.75. The van der Waals surface area contributed by atoms with Crippen molar-refractivity contribution in [2.75, 3.05) is 6.61 Å². The number of nitrogens with two attached hydrogens (primary N) is 1. The number of thiophene rings is 1. The molecule has 0 amide bonds. The Balaban J connectivity index is 2.01. The highest BCUT2D eigenvalue weighted by atomic mass is 32.1. The Morgan fingerprint density at radius 3 is 2.91 bits per heavy atom. The van der Waals surface area contributed by atoms with Gasteiger partial charge in [-0.2, -0.15) is 5.26 Å². The second-order valence-corrected chi connectivity index (χ2v) is 6.71. The third-order valence-corrected chi connectivity index (χ3v) is 4.87. The summed E-state index contributed by atoms with van der Waals surface area (Å²) in [5, 5.41) is 8.84. The summed E-state index contributed by atoms with van der Waals surface area (Å²) in [6.45, 7) is 3.20. The van der Waals surface area contributed by atoms with E-state index in [1.54, 1.807) is 6.07 Å². The first kappa shape index (κ1) is 16.2. The Morgan fingerprint density at radius 2 is 2.27 bits per heavy atom. The van der Waals surface area contributed by atoms with Crippen LogP contribution in [0.2, 0.25) is 0 Å². The number of ketones is 1. The average molecular weight is 318 g/mol. The molecular weight excluding hydrogens is 300 g/mol. The molecule has 0 saturated carbocycles. The minimum absolute atomic E-state index is 0.129. The lowest BCUT2D eigenvalue weighted by molar-refractivity contribution is -0.118. The van der Waals surface area contributed by atoms with Gasteiger partial charge in [-0.15, -0.1) is 11.3 Å². The highest BCUT2D eigenvalue weighted by molar-refractivity contribution is 7.14. The first-order valence-corrected chi connectivity index (χ1v) is 7.92. The number of ether oxygens (including phenoxy) is 1. The minimum Gasteiger partial charge on any atom is -0.453 e. The number of allylic oxidation sites excluding steroid dienone is 1. The number of carbonyl (C=O) groups is 2. The van der Waals surface area contributed by atoms with E-state index in [4.69, 9.17) is 15.7 Å². The molecule has 1 aliphatic carbocycles. The third-order valence-electron chi connectivity index (χ3n) is 3.65. The number of rotatable bonds is 4. The van der Waals surface area contributed by atoms with E-state index < -0.39 is 18.4 Å². The summed E-state index contributed by atoms with van der Waals surface area (Å²) < 4.78 is 5.01. The van der Waals surface area contributed by atoms with Gasteiger partial charge in [-0.3, -0.25) is 4.79 Å². The van der Waals surface area contributed by atoms with Crippen molar-refractivity contribution in [3.63, 3.8) is 0 Å². The van der Waals surface area contributed by atoms with Gasteiger partial charge in [0.05, 0.1) is 0 Å². The van der Waals surface area contributed by atoms with Crippen molar-refractivity contribution in [1.82, 2.24) is 0 Å². The Labute approximate surface area is 133 Å². The maximum absolute atomic E-state index is 12.0. The molecule has 1 aromatic rings. The van der Waals surface area contributed by atoms with Crippen LogP contribution in [-0.4, -0.2) is 18.4 Å². The zero-order chi connectivity index (χ0) is 16.3. The van der Waals surface area contributed by atoms with Crippen molar-refractivity contribution >= 4 is 23.1 Å². The van der Waals surface area contributed by atoms with Crippen LogP contribution >= 0.6 is 11.3 Å². The maximum atomic E-state index is 12.0. The molecule has 1 atom stereocenters. The summed E-state index contributed by atoms with van der Waals surface area (Å²) in [5.41, 5.74) is 6.62. The smallest absolute Gasteiger partial charge is 0.348 e. The topological polar surface area (TPSA) is 93.2 Å². The zero-order valence-electron chi connectivity index (χ0n) is 12.6. The maximum Gasteiger partial charge on any atom is 0.348 e. The first-order chi connectivity index (χ1) is 10.4. The predicted octanol–water partition coefficient (Wildman–Crippen LogP) is 2.36. The van der Waals surface area contributed by atoms with Gasteiger partial charge in [0.25, 0.3) is 0 Å². The van der Waals surface area contributed by atoms with E-state index >= 15 is 0 Å². The number of aryl methyl sites for hydroxylation is 1. The molecular formula is C16H18N2O3S. The number of carbonyl (C=O) groups excluding carboxylic acids is 2. The molecule has 2 N–H and O–H groups in total. The Bertz CT molecular complexity index is 678. The Kier molecular flexibility index (Phi) is 4.99. The molecule has 0 spiro atoms. The highest BCUT2D eigenvalue weighted by Gasteiger charge is 2.22. The van der Waals surface area contributed by atoms with Gasteiger partial charge in [-0.25, -0.2) is 4.79 Å². The van der Waals surface area contributed by atoms with Crippen LogP contribution in [0.4, 0.5) is 0 Å². The lowest BCUT2D eigenvalue weighted by Gasteiger charge is -2.16. The van der Waals surface area contributed by atoms with Crippen molar-refractivity contribution in [3.05, 3.63) is 32.7 Å². The van der Waals surface area contributed by atoms with Crippen molar-refractivity contribution in [1.29, 1.82) is 5.26 Å². The SMILES string of the molecule is C/C(N)=C(\C#N)C(=O)COC(=O)c1cc2c(s1)CC[C@@H](C)C2. The van der Waals surface area contributed by atoms with Crippen molar-refractivity contribution in [2.45, 2.75) is 33.1 Å². The number of hydrogen-bond acceptors (Lipinski definition) is 6. The summed E-state index contributed by atoms with van der Waals surface area (Å²) in [4.78, 5) is 25.5. The molecule has 0 aliphatic heterocycles. The van der Waals surface area contributed by atoms with Gasteiger partial charge >= 0.3 is 5.97 Å². The first-order valence-electron chi connectivity index (χ1n) is 7.10. The molecule has 0 fully saturated rings. The number of hydrogen-bond donors (Lipinski definition) is 1. The number of nitriles is 1. The van der Waals surface area contributed by atoms with E-state index in [0.717, 1.165) is 19.3 Å². The molecule has 0 saturated heterocycles. The van der Waals surface area contributed by atoms with Gasteiger partial charge in [0.2, 0.25) is 5.78 Å².